The maximum absolute atomic E-state index is 2.30. The van der Waals surface area contributed by atoms with Crippen molar-refractivity contribution in [1.29, 1.82) is 0 Å². The normalized spacial score (nSPS) is 30.4. The van der Waals surface area contributed by atoms with Gasteiger partial charge in [-0.15, -0.1) is 0 Å². The van der Waals surface area contributed by atoms with E-state index in [-0.39, 0.29) is 0 Å². The van der Waals surface area contributed by atoms with Gasteiger partial charge in [0.2, 0.25) is 0 Å². The molecule has 0 radical (unpaired) electrons. The van der Waals surface area contributed by atoms with E-state index < -0.39 is 0 Å². The summed E-state index contributed by atoms with van der Waals surface area (Å²) in [6.07, 6.45) is 0. The molecular weight excluding hydrogens is 294 g/mol. The summed E-state index contributed by atoms with van der Waals surface area (Å²) in [6, 6.07) is 0. The molecule has 0 amide bonds. The van der Waals surface area contributed by atoms with E-state index in [4.69, 9.17) is 0 Å². The molecule has 0 bridgehead atoms. The van der Waals surface area contributed by atoms with Crippen LogP contribution in [-0.4, -0.2) is 29.9 Å². The molecule has 52 valence electrons. The van der Waals surface area contributed by atoms with Gasteiger partial charge in [0, 0.05) is 0 Å². The first-order chi connectivity index (χ1) is 4.97. The topological polar surface area (TPSA) is 0 Å². The zero-order valence-corrected chi connectivity index (χ0v) is 10.0. The summed E-state index contributed by atoms with van der Waals surface area (Å²) in [7, 11) is 0. The van der Waals surface area contributed by atoms with Crippen LogP contribution in [0.3, 0.4) is 0 Å². The quantitative estimate of drug-likeness (QED) is 0.627. The van der Waals surface area contributed by atoms with Crippen molar-refractivity contribution in [1.82, 2.24) is 0 Å². The Hall–Kier alpha value is 0.959. The van der Waals surface area contributed by atoms with Crippen LogP contribution < -0.4 is 0 Å². The van der Waals surface area contributed by atoms with Gasteiger partial charge in [-0.2, -0.15) is 0 Å². The van der Waals surface area contributed by atoms with Crippen molar-refractivity contribution in [2.45, 2.75) is 0 Å². The summed E-state index contributed by atoms with van der Waals surface area (Å²) in [5.74, 6) is 0. The molecule has 2 aliphatic rings. The molecule has 0 aromatic carbocycles. The van der Waals surface area contributed by atoms with Crippen molar-refractivity contribution < 1.29 is 0 Å². The Balaban J connectivity index is 2.14. The Labute approximate surface area is 81.3 Å². The van der Waals surface area contributed by atoms with Crippen molar-refractivity contribution in [3.8, 4) is 0 Å². The van der Waals surface area contributed by atoms with Gasteiger partial charge in [-0.3, -0.25) is 0 Å². The number of hydrogen-bond acceptors (Lipinski definition) is 2. The average molecular weight is 298 g/mol. The summed E-state index contributed by atoms with van der Waals surface area (Å²) in [5.41, 5.74) is 0. The molecule has 2 heterocycles. The molecule has 0 saturated heterocycles. The van der Waals surface area contributed by atoms with E-state index in [1.165, 1.54) is 0 Å². The molecule has 10 heavy (non-hydrogen) atoms. The van der Waals surface area contributed by atoms with Gasteiger partial charge in [0.15, 0.2) is 0 Å². The van der Waals surface area contributed by atoms with Crippen LogP contribution in [0.5, 0.6) is 0 Å². The standard InChI is InChI=1S/C6H4S2Se2/c1-3-9-5(7-1)6-8-2-4-10-6/h1-4H/b6-5+. The Kier molecular flexibility index (Phi) is 2.71. The van der Waals surface area contributed by atoms with E-state index in [0.29, 0.717) is 29.9 Å². The molecule has 0 aromatic rings. The van der Waals surface area contributed by atoms with Crippen molar-refractivity contribution in [2.24, 2.45) is 0 Å². The summed E-state index contributed by atoms with van der Waals surface area (Å²) >= 11 is 5.18. The zero-order chi connectivity index (χ0) is 6.81. The fourth-order valence-corrected chi connectivity index (χ4v) is 8.12. The van der Waals surface area contributed by atoms with Crippen LogP contribution in [0, 0.1) is 0 Å². The predicted molar refractivity (Wildman–Crippen MR) is 52.0 cm³/mol. The van der Waals surface area contributed by atoms with Gasteiger partial charge in [-0.25, -0.2) is 0 Å². The first-order valence-corrected chi connectivity index (χ1v) is 8.13. The van der Waals surface area contributed by atoms with Crippen molar-refractivity contribution in [2.75, 3.05) is 0 Å². The first-order valence-electron chi connectivity index (χ1n) is 2.68. The Bertz CT molecular complexity index is 186. The van der Waals surface area contributed by atoms with Crippen LogP contribution in [-0.2, 0) is 0 Å². The average Bonchev–Trinajstić information content (AvgIpc) is 2.59. The van der Waals surface area contributed by atoms with Crippen LogP contribution in [0.4, 0.5) is 0 Å². The van der Waals surface area contributed by atoms with Crippen LogP contribution in [0.25, 0.3) is 0 Å². The molecule has 2 aliphatic heterocycles. The van der Waals surface area contributed by atoms with Crippen molar-refractivity contribution in [3.63, 3.8) is 0 Å². The van der Waals surface area contributed by atoms with Gasteiger partial charge in [0.25, 0.3) is 0 Å². The van der Waals surface area contributed by atoms with Crippen molar-refractivity contribution in [3.05, 3.63) is 28.4 Å². The molecule has 0 nitrogen and oxygen atoms in total. The van der Waals surface area contributed by atoms with Gasteiger partial charge in [0.05, 0.1) is 0 Å². The molecule has 0 aromatic heterocycles. The van der Waals surface area contributed by atoms with E-state index in [2.05, 4.69) is 20.8 Å². The van der Waals surface area contributed by atoms with Crippen LogP contribution >= 0.6 is 23.5 Å². The van der Waals surface area contributed by atoms with Gasteiger partial charge in [0.1, 0.15) is 0 Å². The monoisotopic (exact) mass is 300 g/mol. The van der Waals surface area contributed by atoms with Gasteiger partial charge in [-0.05, 0) is 0 Å². The fourth-order valence-electron chi connectivity index (χ4n) is 0.606. The molecular formula is C6H4S2Se2. The molecule has 0 spiro atoms. The third-order valence-electron chi connectivity index (χ3n) is 0.978. The summed E-state index contributed by atoms with van der Waals surface area (Å²) in [6.45, 7) is 0. The van der Waals surface area contributed by atoms with Crippen LogP contribution in [0.2, 0.25) is 0 Å². The van der Waals surface area contributed by atoms with E-state index in [9.17, 15) is 0 Å². The second-order valence-electron chi connectivity index (χ2n) is 1.59. The molecule has 0 N–H and O–H groups in total. The Morgan fingerprint density at radius 1 is 0.900 bits per heavy atom. The fraction of sp³-hybridized carbons (Fsp3) is 0. The summed E-state index contributed by atoms with van der Waals surface area (Å²) in [5, 5.41) is 4.44. The molecule has 4 heteroatoms. The summed E-state index contributed by atoms with van der Waals surface area (Å²) in [4.78, 5) is 4.60. The zero-order valence-electron chi connectivity index (χ0n) is 4.94. The number of rotatable bonds is 0. The van der Waals surface area contributed by atoms with E-state index >= 15 is 0 Å². The van der Waals surface area contributed by atoms with Crippen LogP contribution in [0.1, 0.15) is 0 Å². The van der Waals surface area contributed by atoms with Crippen molar-refractivity contribution >= 4 is 53.4 Å². The second-order valence-corrected chi connectivity index (χ2v) is 8.43. The molecule has 0 fully saturated rings. The third-order valence-corrected chi connectivity index (χ3v) is 9.61. The molecule has 0 unspecified atom stereocenters. The Morgan fingerprint density at radius 3 is 1.70 bits per heavy atom. The minimum atomic E-state index is 0.667. The first kappa shape index (κ1) is 7.60. The molecule has 0 aliphatic carbocycles. The third kappa shape index (κ3) is 1.58. The van der Waals surface area contributed by atoms with Gasteiger partial charge < -0.3 is 0 Å². The molecule has 0 atom stereocenters. The van der Waals surface area contributed by atoms with E-state index in [1.807, 2.05) is 23.5 Å². The Morgan fingerprint density at radius 2 is 1.40 bits per heavy atom. The van der Waals surface area contributed by atoms with Crippen LogP contribution in [0.15, 0.2) is 28.4 Å². The number of hydrogen-bond donors (Lipinski definition) is 0. The van der Waals surface area contributed by atoms with Gasteiger partial charge in [-0.1, -0.05) is 0 Å². The molecule has 0 saturated carbocycles. The van der Waals surface area contributed by atoms with E-state index in [0.717, 1.165) is 0 Å². The molecule has 2 rings (SSSR count). The maximum atomic E-state index is 2.30. The summed E-state index contributed by atoms with van der Waals surface area (Å²) < 4.78 is 3.28. The second kappa shape index (κ2) is 3.57. The minimum absolute atomic E-state index is 0.667. The van der Waals surface area contributed by atoms with E-state index in [1.54, 1.807) is 7.61 Å². The van der Waals surface area contributed by atoms with Gasteiger partial charge >= 0.3 is 81.8 Å². The number of thioether (sulfide) groups is 2. The predicted octanol–water partition coefficient (Wildman–Crippen LogP) is 1.96. The SMILES string of the molecule is C1=C[Se]/C(=C2\SC=C[Se]2)S1.